The number of amides is 1. The van der Waals surface area contributed by atoms with Crippen LogP contribution in [0.3, 0.4) is 0 Å². The number of carbonyl (C=O) groups is 1. The van der Waals surface area contributed by atoms with Gasteiger partial charge in [-0.2, -0.15) is 0 Å². The topological polar surface area (TPSA) is 89.3 Å². The molecule has 0 spiro atoms. The molecule has 0 bridgehead atoms. The van der Waals surface area contributed by atoms with Crippen molar-refractivity contribution in [1.82, 2.24) is 0 Å². The summed E-state index contributed by atoms with van der Waals surface area (Å²) in [5.74, 6) is -0.745. The molecule has 0 aliphatic heterocycles. The minimum atomic E-state index is -1.03. The van der Waals surface area contributed by atoms with Gasteiger partial charge in [0.15, 0.2) is 0 Å². The third-order valence-corrected chi connectivity index (χ3v) is 1.69. The third kappa shape index (κ3) is 3.95. The van der Waals surface area contributed by atoms with Crippen LogP contribution in [0.4, 0.5) is 0 Å². The summed E-state index contributed by atoms with van der Waals surface area (Å²) in [6, 6.07) is 0. The van der Waals surface area contributed by atoms with Gasteiger partial charge >= 0.3 is 0 Å². The maximum atomic E-state index is 10.4. The lowest BCUT2D eigenvalue weighted by Crippen LogP contribution is -2.34. The number of hydrogen-bond donors (Lipinski definition) is 3. The molecule has 0 radical (unpaired) electrons. The number of aliphatic hydroxyl groups is 1. The van der Waals surface area contributed by atoms with Crippen molar-refractivity contribution in [1.29, 1.82) is 0 Å². The summed E-state index contributed by atoms with van der Waals surface area (Å²) in [5.41, 5.74) is 10.1. The van der Waals surface area contributed by atoms with Crippen molar-refractivity contribution < 1.29 is 9.90 Å². The van der Waals surface area contributed by atoms with Gasteiger partial charge in [-0.3, -0.25) is 4.79 Å². The van der Waals surface area contributed by atoms with Gasteiger partial charge in [0.1, 0.15) is 6.10 Å². The SMILES string of the molecule is CC(CCCN)C(O)C(N)=O. The first-order chi connectivity index (χ1) is 5.09. The van der Waals surface area contributed by atoms with Crippen LogP contribution < -0.4 is 11.5 Å². The Kier molecular flexibility index (Phi) is 4.81. The molecule has 4 nitrogen and oxygen atoms in total. The Morgan fingerprint density at radius 3 is 2.55 bits per heavy atom. The summed E-state index contributed by atoms with van der Waals surface area (Å²) in [6.07, 6.45) is 0.521. The Balaban J connectivity index is 3.63. The van der Waals surface area contributed by atoms with Crippen LogP contribution in [-0.4, -0.2) is 23.7 Å². The summed E-state index contributed by atoms with van der Waals surface area (Å²) < 4.78 is 0. The molecule has 0 heterocycles. The Morgan fingerprint density at radius 2 is 2.18 bits per heavy atom. The van der Waals surface area contributed by atoms with Crippen molar-refractivity contribution in [2.75, 3.05) is 6.54 Å². The molecule has 11 heavy (non-hydrogen) atoms. The molecule has 0 aromatic carbocycles. The lowest BCUT2D eigenvalue weighted by molar-refractivity contribution is -0.128. The van der Waals surface area contributed by atoms with E-state index in [9.17, 15) is 4.79 Å². The van der Waals surface area contributed by atoms with E-state index in [-0.39, 0.29) is 5.92 Å². The second-order valence-corrected chi connectivity index (χ2v) is 2.76. The summed E-state index contributed by atoms with van der Waals surface area (Å²) in [4.78, 5) is 10.4. The van der Waals surface area contributed by atoms with Crippen molar-refractivity contribution in [3.05, 3.63) is 0 Å². The molecule has 0 saturated heterocycles. The molecule has 1 amide bonds. The van der Waals surface area contributed by atoms with E-state index in [2.05, 4.69) is 0 Å². The molecule has 0 aromatic rings. The van der Waals surface area contributed by atoms with Crippen LogP contribution in [0.5, 0.6) is 0 Å². The highest BCUT2D eigenvalue weighted by Gasteiger charge is 2.18. The van der Waals surface area contributed by atoms with Crippen LogP contribution in [0.25, 0.3) is 0 Å². The normalized spacial score (nSPS) is 15.9. The van der Waals surface area contributed by atoms with Crippen molar-refractivity contribution in [3.8, 4) is 0 Å². The Labute approximate surface area is 66.6 Å². The highest BCUT2D eigenvalue weighted by Crippen LogP contribution is 2.09. The zero-order chi connectivity index (χ0) is 8.85. The second kappa shape index (κ2) is 5.09. The zero-order valence-electron chi connectivity index (χ0n) is 6.79. The average Bonchev–Trinajstić information content (AvgIpc) is 1.98. The minimum absolute atomic E-state index is 0.0870. The van der Waals surface area contributed by atoms with Gasteiger partial charge in [0.25, 0.3) is 0 Å². The number of hydrogen-bond acceptors (Lipinski definition) is 3. The summed E-state index contributed by atoms with van der Waals surface area (Å²) in [5, 5.41) is 9.11. The van der Waals surface area contributed by atoms with Crippen LogP contribution in [-0.2, 0) is 4.79 Å². The van der Waals surface area contributed by atoms with Crippen molar-refractivity contribution >= 4 is 5.91 Å². The van der Waals surface area contributed by atoms with Crippen LogP contribution in [0.1, 0.15) is 19.8 Å². The van der Waals surface area contributed by atoms with E-state index in [0.717, 1.165) is 12.8 Å². The van der Waals surface area contributed by atoms with Gasteiger partial charge in [0, 0.05) is 0 Å². The van der Waals surface area contributed by atoms with Crippen LogP contribution >= 0.6 is 0 Å². The van der Waals surface area contributed by atoms with Crippen LogP contribution in [0, 0.1) is 5.92 Å². The molecule has 5 N–H and O–H groups in total. The van der Waals surface area contributed by atoms with Crippen molar-refractivity contribution in [3.63, 3.8) is 0 Å². The van der Waals surface area contributed by atoms with E-state index in [1.807, 2.05) is 0 Å². The van der Waals surface area contributed by atoms with Crippen molar-refractivity contribution in [2.45, 2.75) is 25.9 Å². The molecule has 0 rings (SSSR count). The van der Waals surface area contributed by atoms with Crippen LogP contribution in [0.15, 0.2) is 0 Å². The standard InChI is InChI=1S/C7H16N2O2/c1-5(3-2-4-8)6(10)7(9)11/h5-6,10H,2-4,8H2,1H3,(H2,9,11). The molecule has 0 saturated carbocycles. The third-order valence-electron chi connectivity index (χ3n) is 1.69. The number of nitrogens with two attached hydrogens (primary N) is 2. The first-order valence-electron chi connectivity index (χ1n) is 3.77. The van der Waals surface area contributed by atoms with E-state index < -0.39 is 12.0 Å². The summed E-state index contributed by atoms with van der Waals surface area (Å²) in [6.45, 7) is 2.36. The van der Waals surface area contributed by atoms with Gasteiger partial charge in [0.05, 0.1) is 0 Å². The first-order valence-corrected chi connectivity index (χ1v) is 3.77. The minimum Gasteiger partial charge on any atom is -0.383 e. The van der Waals surface area contributed by atoms with E-state index in [1.165, 1.54) is 0 Å². The van der Waals surface area contributed by atoms with Gasteiger partial charge in [0.2, 0.25) is 5.91 Å². The van der Waals surface area contributed by atoms with E-state index in [4.69, 9.17) is 16.6 Å². The average molecular weight is 160 g/mol. The maximum Gasteiger partial charge on any atom is 0.246 e. The Hall–Kier alpha value is -0.610. The molecule has 0 aliphatic carbocycles. The van der Waals surface area contributed by atoms with Gasteiger partial charge in [-0.15, -0.1) is 0 Å². The molecule has 66 valence electrons. The van der Waals surface area contributed by atoms with Gasteiger partial charge in [-0.05, 0) is 25.3 Å². The molecule has 2 unspecified atom stereocenters. The molecule has 4 heteroatoms. The number of rotatable bonds is 5. The van der Waals surface area contributed by atoms with Gasteiger partial charge in [-0.1, -0.05) is 6.92 Å². The number of carbonyl (C=O) groups excluding carboxylic acids is 1. The predicted octanol–water partition coefficient (Wildman–Crippen LogP) is -0.792. The monoisotopic (exact) mass is 160 g/mol. The fourth-order valence-corrected chi connectivity index (χ4v) is 0.878. The zero-order valence-corrected chi connectivity index (χ0v) is 6.79. The predicted molar refractivity (Wildman–Crippen MR) is 42.7 cm³/mol. The lowest BCUT2D eigenvalue weighted by Gasteiger charge is -2.14. The van der Waals surface area contributed by atoms with E-state index in [0.29, 0.717) is 6.54 Å². The largest absolute Gasteiger partial charge is 0.383 e. The molecule has 2 atom stereocenters. The maximum absolute atomic E-state index is 10.4. The molecule has 0 aromatic heterocycles. The lowest BCUT2D eigenvalue weighted by atomic mass is 9.99. The molecule has 0 aliphatic rings. The van der Waals surface area contributed by atoms with Crippen molar-refractivity contribution in [2.24, 2.45) is 17.4 Å². The highest BCUT2D eigenvalue weighted by molar-refractivity contribution is 5.78. The smallest absolute Gasteiger partial charge is 0.246 e. The summed E-state index contributed by atoms with van der Waals surface area (Å²) in [7, 11) is 0. The first kappa shape index (κ1) is 10.4. The summed E-state index contributed by atoms with van der Waals surface area (Å²) >= 11 is 0. The van der Waals surface area contributed by atoms with Gasteiger partial charge in [-0.25, -0.2) is 0 Å². The fourth-order valence-electron chi connectivity index (χ4n) is 0.878. The Bertz CT molecular complexity index is 128. The molecular formula is C7H16N2O2. The number of aliphatic hydroxyl groups excluding tert-OH is 1. The quantitative estimate of drug-likeness (QED) is 0.492. The second-order valence-electron chi connectivity index (χ2n) is 2.76. The molecule has 0 fully saturated rings. The fraction of sp³-hybridized carbons (Fsp3) is 0.857. The van der Waals surface area contributed by atoms with Crippen LogP contribution in [0.2, 0.25) is 0 Å². The van der Waals surface area contributed by atoms with E-state index in [1.54, 1.807) is 6.92 Å². The highest BCUT2D eigenvalue weighted by atomic mass is 16.3. The Morgan fingerprint density at radius 1 is 1.64 bits per heavy atom. The molecular weight excluding hydrogens is 144 g/mol. The van der Waals surface area contributed by atoms with Gasteiger partial charge < -0.3 is 16.6 Å². The van der Waals surface area contributed by atoms with E-state index >= 15 is 0 Å². The number of primary amides is 1.